The van der Waals surface area contributed by atoms with Crippen molar-refractivity contribution in [2.75, 3.05) is 32.8 Å². The number of carboxylic acids is 5. The molecule has 0 spiro atoms. The second kappa shape index (κ2) is 60.4. The zero-order valence-electron chi connectivity index (χ0n) is 77.7. The minimum atomic E-state index is -2.28. The maximum absolute atomic E-state index is 14.7. The van der Waals surface area contributed by atoms with Crippen LogP contribution in [-0.4, -0.2) is 358 Å². The van der Waals surface area contributed by atoms with Gasteiger partial charge in [-0.05, 0) is 83.1 Å². The number of hydrogen-bond acceptors (Lipinski definition) is 32. The normalized spacial score (nSPS) is 15.9. The predicted molar refractivity (Wildman–Crippen MR) is 476 cm³/mol. The number of aliphatic hydroxyl groups excluding tert-OH is 4. The summed E-state index contributed by atoms with van der Waals surface area (Å²) in [5.74, 6) is -37.3. The first-order valence-corrected chi connectivity index (χ1v) is 43.8. The molecule has 1 heterocycles. The van der Waals surface area contributed by atoms with Gasteiger partial charge >= 0.3 is 29.8 Å². The second-order valence-corrected chi connectivity index (χ2v) is 33.2. The van der Waals surface area contributed by atoms with Crippen molar-refractivity contribution in [3.63, 3.8) is 0 Å². The highest BCUT2D eigenvalue weighted by Gasteiger charge is 2.44. The van der Waals surface area contributed by atoms with Crippen LogP contribution in [0.1, 0.15) is 150 Å². The Morgan fingerprint density at radius 2 is 0.681 bits per heavy atom. The Morgan fingerprint density at radius 3 is 1.07 bits per heavy atom. The number of hydrogen-bond donors (Lipinski definition) is 31. The third-order valence-corrected chi connectivity index (χ3v) is 20.9. The maximum atomic E-state index is 14.7. The lowest BCUT2D eigenvalue weighted by molar-refractivity contribution is -0.144. The van der Waals surface area contributed by atoms with Gasteiger partial charge < -0.3 is 170 Å². The van der Waals surface area contributed by atoms with E-state index in [0.29, 0.717) is 5.56 Å². The van der Waals surface area contributed by atoms with Crippen molar-refractivity contribution in [1.29, 1.82) is 0 Å². The van der Waals surface area contributed by atoms with Crippen LogP contribution < -0.4 is 119 Å². The first kappa shape index (κ1) is 122. The van der Waals surface area contributed by atoms with E-state index in [1.54, 1.807) is 30.3 Å². The van der Waals surface area contributed by atoms with E-state index in [2.05, 4.69) is 63.8 Å². The topological polar surface area (TPSA) is 981 Å². The van der Waals surface area contributed by atoms with Crippen LogP contribution in [0, 0.1) is 11.8 Å². The summed E-state index contributed by atoms with van der Waals surface area (Å²) < 4.78 is 0. The largest absolute Gasteiger partial charge is 0.481 e. The highest BCUT2D eigenvalue weighted by molar-refractivity contribution is 6.03. The van der Waals surface area contributed by atoms with Gasteiger partial charge in [0.25, 0.3) is 0 Å². The molecule has 141 heavy (non-hydrogen) atoms. The van der Waals surface area contributed by atoms with Crippen molar-refractivity contribution >= 4 is 160 Å². The van der Waals surface area contributed by atoms with Crippen LogP contribution in [0.25, 0.3) is 0 Å². The summed E-state index contributed by atoms with van der Waals surface area (Å²) >= 11 is 0. The monoisotopic (exact) mass is 2010 g/mol. The lowest BCUT2D eigenvalue weighted by Crippen LogP contribution is -2.63. The molecule has 1 aromatic carbocycles. The Morgan fingerprint density at radius 1 is 0.348 bits per heavy atom. The molecule has 0 aromatic heterocycles. The summed E-state index contributed by atoms with van der Waals surface area (Å²) in [6.45, 7) is 4.34. The Labute approximate surface area is 802 Å². The van der Waals surface area contributed by atoms with Crippen molar-refractivity contribution in [1.82, 2.24) is 95.3 Å². The van der Waals surface area contributed by atoms with Crippen molar-refractivity contribution in [2.45, 2.75) is 266 Å². The number of rotatable bonds is 65. The molecule has 0 radical (unpaired) electrons. The zero-order valence-corrected chi connectivity index (χ0v) is 77.7. The van der Waals surface area contributed by atoms with E-state index in [1.165, 1.54) is 27.7 Å². The number of aliphatic hydroxyl groups is 4. The Balaban J connectivity index is 2.39. The van der Waals surface area contributed by atoms with E-state index in [4.69, 9.17) is 33.8 Å². The molecule has 59 heteroatoms. The van der Waals surface area contributed by atoms with Gasteiger partial charge in [-0.25, -0.2) is 4.79 Å². The van der Waals surface area contributed by atoms with Crippen LogP contribution in [0.15, 0.2) is 30.3 Å². The average Bonchev–Trinajstić information content (AvgIpc) is 1.32. The molecular formula is C82H125N23O36. The smallest absolute Gasteiger partial charge is 0.326 e. The van der Waals surface area contributed by atoms with Crippen molar-refractivity contribution in [2.24, 2.45) is 40.5 Å². The Kier molecular flexibility index (Phi) is 52.2. The highest BCUT2D eigenvalue weighted by atomic mass is 16.4. The van der Waals surface area contributed by atoms with Crippen molar-refractivity contribution in [3.05, 3.63) is 35.9 Å². The number of nitrogens with zero attached hydrogens (tertiary/aromatic N) is 1. The van der Waals surface area contributed by atoms with Gasteiger partial charge in [0, 0.05) is 45.1 Å². The standard InChI is InChI=1S/C82H125N23O36/c1-34(2)62(77(135)92-41(16-21-53(85)111)69(127)97-46(28-55(87)113)73(131)103-64(37(6)108)79(137)94-43(18-23-59(118)119)71(129)100-50(33-107)75(133)104-65(38(7)109)80(138)93-40(15-20-52(84)110)68(126)95-44(82(140)141)19-24-60(120)121)101-57(115)31-88-67(125)45(27-54(86)112)96-70(128)42(17-22-58(116)117)91-66(124)36(5)89-76(134)51-14-11-25-105(51)81(139)48(26-39-12-9-8-10-13-39)99-72(130)47(29-61(122)123)98-78(136)63(35(3)4)102-74(132)49(32-106)90-56(114)30-83/h8-10,12-13,34-38,40-51,62-65,106-109H,11,14-33,83H2,1-7H3,(H2,84,110)(H2,85,111)(H2,86,112)(H2,87,113)(H,88,125)(H,89,134)(H,90,114)(H,91,124)(H,92,135)(H,93,138)(H,94,137)(H,95,126)(H,96,128)(H,97,127)(H,98,136)(H,99,130)(H,100,129)(H,101,115)(H,102,132)(H,103,131)(H,104,133)(H,116,117)(H,118,119)(H,120,121)(H,122,123)(H,140,141)/t36-,37+,38+,40-,41-,42-,43-,44-,45-,46-,47-,48-,49-,50-,51-,62-,63-,64-,65-/m0/s1. The molecule has 36 N–H and O–H groups in total. The molecule has 0 saturated carbocycles. The number of primary amides is 4. The van der Waals surface area contributed by atoms with Gasteiger partial charge in [0.05, 0.1) is 57.8 Å². The predicted octanol–water partition coefficient (Wildman–Crippen LogP) is -15.4. The van der Waals surface area contributed by atoms with Gasteiger partial charge in [0.1, 0.15) is 103 Å². The number of nitrogens with two attached hydrogens (primary N) is 5. The minimum absolute atomic E-state index is 0.0686. The first-order chi connectivity index (χ1) is 65.9. The number of carbonyl (C=O) groups excluding carboxylic acids is 22. The molecule has 1 aromatic rings. The van der Waals surface area contributed by atoms with Crippen LogP contribution in [0.5, 0.6) is 0 Å². The van der Waals surface area contributed by atoms with Crippen LogP contribution >= 0.6 is 0 Å². The van der Waals surface area contributed by atoms with Crippen molar-refractivity contribution < 1.29 is 175 Å². The van der Waals surface area contributed by atoms with Gasteiger partial charge in [0.15, 0.2) is 0 Å². The number of carbonyl (C=O) groups is 27. The van der Waals surface area contributed by atoms with Gasteiger partial charge in [-0.15, -0.1) is 0 Å². The maximum Gasteiger partial charge on any atom is 0.326 e. The van der Waals surface area contributed by atoms with E-state index in [0.717, 1.165) is 25.7 Å². The summed E-state index contributed by atoms with van der Waals surface area (Å²) in [6, 6.07) is -24.2. The third-order valence-electron chi connectivity index (χ3n) is 20.9. The number of nitrogens with one attached hydrogen (secondary N) is 17. The summed E-state index contributed by atoms with van der Waals surface area (Å²) in [5.41, 5.74) is 27.1. The van der Waals surface area contributed by atoms with E-state index >= 15 is 0 Å². The fraction of sp³-hybridized carbons (Fsp3) is 0.598. The Bertz CT molecular complexity index is 4690. The Hall–Kier alpha value is -15.3. The van der Waals surface area contributed by atoms with Gasteiger partial charge in [-0.1, -0.05) is 58.0 Å². The summed E-state index contributed by atoms with van der Waals surface area (Å²) in [4.78, 5) is 357. The summed E-state index contributed by atoms with van der Waals surface area (Å²) in [7, 11) is 0. The second-order valence-electron chi connectivity index (χ2n) is 33.2. The number of amides is 22. The molecule has 59 nitrogen and oxygen atoms in total. The van der Waals surface area contributed by atoms with Gasteiger partial charge in [0.2, 0.25) is 130 Å². The average molecular weight is 2010 g/mol. The lowest BCUT2D eigenvalue weighted by atomic mass is 10.0. The van der Waals surface area contributed by atoms with E-state index < -0.39 is 396 Å². The third kappa shape index (κ3) is 43.9. The molecule has 2 rings (SSSR count). The van der Waals surface area contributed by atoms with Gasteiger partial charge in [-0.2, -0.15) is 0 Å². The van der Waals surface area contributed by atoms with Gasteiger partial charge in [-0.3, -0.25) is 125 Å². The van der Waals surface area contributed by atoms with Crippen LogP contribution in [0.3, 0.4) is 0 Å². The van der Waals surface area contributed by atoms with E-state index in [1.807, 2.05) is 26.6 Å². The molecule has 1 aliphatic rings. The van der Waals surface area contributed by atoms with Crippen LogP contribution in [0.2, 0.25) is 0 Å². The van der Waals surface area contributed by atoms with E-state index in [9.17, 15) is 170 Å². The SMILES string of the molecule is CC(C)[C@H](NC(=O)CNC(=O)[C@H](CC(N)=O)NC(=O)[C@H](CCC(=O)O)NC(=O)[C@H](C)NC(=O)[C@@H]1CCCN1C(=O)[C@H](Cc1ccccc1)NC(=O)[C@H](CC(=O)O)NC(=O)[C@@H](NC(=O)[C@H](CO)NC(=O)CN)C(C)C)C(=O)N[C@@H](CCC(N)=O)C(=O)N[C@@H](CC(N)=O)C(=O)N[C@H](C(=O)N[C@@H](CCC(=O)O)C(=O)N[C@@H](CO)C(=O)N[C@H](C(=O)N[C@@H](CCC(N)=O)C(=O)N[C@@H](CCC(=O)O)C(=O)O)[C@@H](C)O)[C@@H](C)O. The molecule has 0 unspecified atom stereocenters. The summed E-state index contributed by atoms with van der Waals surface area (Å²) in [6.07, 6.45) is -15.2. The number of likely N-dealkylation sites (tertiary alicyclic amines) is 1. The van der Waals surface area contributed by atoms with Crippen LogP contribution in [0.4, 0.5) is 0 Å². The molecule has 22 amide bonds. The molecular weight excluding hydrogens is 1880 g/mol. The molecule has 1 saturated heterocycles. The lowest BCUT2D eigenvalue weighted by Gasteiger charge is -2.31. The molecule has 1 fully saturated rings. The number of aliphatic carboxylic acids is 5. The molecule has 784 valence electrons. The number of benzene rings is 1. The van der Waals surface area contributed by atoms with E-state index in [-0.39, 0.29) is 25.8 Å². The molecule has 19 atom stereocenters. The quantitative estimate of drug-likeness (QED) is 0.0288. The minimum Gasteiger partial charge on any atom is -0.481 e. The fourth-order valence-corrected chi connectivity index (χ4v) is 13.3. The fourth-order valence-electron chi connectivity index (χ4n) is 13.3. The number of carboxylic acid groups (broad SMARTS) is 5. The van der Waals surface area contributed by atoms with Crippen LogP contribution in [-0.2, 0) is 136 Å². The van der Waals surface area contributed by atoms with Crippen molar-refractivity contribution in [3.8, 4) is 0 Å². The highest BCUT2D eigenvalue weighted by Crippen LogP contribution is 2.22. The molecule has 0 bridgehead atoms. The zero-order chi connectivity index (χ0) is 107. The first-order valence-electron chi connectivity index (χ1n) is 43.8. The summed E-state index contributed by atoms with van der Waals surface area (Å²) in [5, 5.41) is 126. The molecule has 1 aliphatic heterocycles. The molecule has 0 aliphatic carbocycles.